The number of likely N-dealkylation sites (tertiary alicyclic amines) is 2. The lowest BCUT2D eigenvalue weighted by Crippen LogP contribution is -2.52. The first-order chi connectivity index (χ1) is 11.5. The lowest BCUT2D eigenvalue weighted by Gasteiger charge is -2.36. The molecule has 0 aromatic rings. The van der Waals surface area contributed by atoms with Crippen molar-refractivity contribution >= 4 is 5.91 Å². The van der Waals surface area contributed by atoms with Gasteiger partial charge in [-0.2, -0.15) is 0 Å². The predicted molar refractivity (Wildman–Crippen MR) is 95.0 cm³/mol. The quantitative estimate of drug-likeness (QED) is 0.786. The topological polar surface area (TPSA) is 50.3 Å². The zero-order valence-electron chi connectivity index (χ0n) is 15.3. The monoisotopic (exact) mass is 338 g/mol. The second kappa shape index (κ2) is 8.13. The number of hydrogen-bond donors (Lipinski definition) is 1. The molecule has 0 spiro atoms. The minimum Gasteiger partial charge on any atom is -0.387 e. The minimum absolute atomic E-state index is 0.200. The third-order valence-corrected chi connectivity index (χ3v) is 5.86. The second-order valence-corrected chi connectivity index (χ2v) is 8.06. The lowest BCUT2D eigenvalue weighted by atomic mass is 10.0. The van der Waals surface area contributed by atoms with Crippen molar-refractivity contribution in [3.05, 3.63) is 0 Å². The van der Waals surface area contributed by atoms with Gasteiger partial charge in [-0.3, -0.25) is 14.6 Å². The molecule has 0 aromatic heterocycles. The van der Waals surface area contributed by atoms with E-state index in [0.717, 1.165) is 39.3 Å². The molecular weight excluding hydrogens is 304 g/mol. The van der Waals surface area contributed by atoms with E-state index in [-0.39, 0.29) is 5.91 Å². The summed E-state index contributed by atoms with van der Waals surface area (Å²) in [6.45, 7) is 8.70. The summed E-state index contributed by atoms with van der Waals surface area (Å²) in [7, 11) is 2.14. The first-order valence-electron chi connectivity index (χ1n) is 9.68. The van der Waals surface area contributed by atoms with Crippen molar-refractivity contribution < 1.29 is 9.90 Å². The van der Waals surface area contributed by atoms with Gasteiger partial charge in [0, 0.05) is 39.3 Å². The van der Waals surface area contributed by atoms with Crippen molar-refractivity contribution in [3.8, 4) is 0 Å². The molecule has 3 heterocycles. The maximum Gasteiger partial charge on any atom is 0.236 e. The molecule has 24 heavy (non-hydrogen) atoms. The van der Waals surface area contributed by atoms with Crippen LogP contribution in [0.4, 0.5) is 0 Å². The Morgan fingerprint density at radius 2 is 1.58 bits per heavy atom. The number of amides is 1. The zero-order chi connectivity index (χ0) is 17.0. The Kier molecular flexibility index (Phi) is 6.13. The minimum atomic E-state index is -0.718. The highest BCUT2D eigenvalue weighted by atomic mass is 16.3. The molecule has 1 amide bonds. The van der Waals surface area contributed by atoms with Gasteiger partial charge in [0.1, 0.15) is 0 Å². The number of likely N-dealkylation sites (N-methyl/N-ethyl adjacent to an activating group) is 1. The molecule has 3 aliphatic heterocycles. The standard InChI is InChI=1S/C18H34N4O2/c1-19-10-12-21(13-11-19)15-18(24)6-9-22(16-18)17(23)14-20-7-4-2-3-5-8-20/h24H,2-16H2,1H3/t18-/m0/s1. The molecule has 3 saturated heterocycles. The summed E-state index contributed by atoms with van der Waals surface area (Å²) >= 11 is 0. The normalized spacial score (nSPS) is 31.3. The number of β-amino-alcohol motifs (C(OH)–C–C–N with tert-alkyl or cyclic N) is 1. The van der Waals surface area contributed by atoms with Crippen LogP contribution < -0.4 is 0 Å². The van der Waals surface area contributed by atoms with E-state index >= 15 is 0 Å². The van der Waals surface area contributed by atoms with E-state index in [0.29, 0.717) is 32.6 Å². The molecule has 0 radical (unpaired) electrons. The van der Waals surface area contributed by atoms with E-state index < -0.39 is 5.60 Å². The first kappa shape index (κ1) is 18.1. The maximum absolute atomic E-state index is 12.6. The number of rotatable bonds is 4. The van der Waals surface area contributed by atoms with Crippen LogP contribution in [0.1, 0.15) is 32.1 Å². The summed E-state index contributed by atoms with van der Waals surface area (Å²) in [6.07, 6.45) is 5.71. The summed E-state index contributed by atoms with van der Waals surface area (Å²) < 4.78 is 0. The van der Waals surface area contributed by atoms with Crippen LogP contribution in [-0.2, 0) is 4.79 Å². The van der Waals surface area contributed by atoms with Crippen molar-refractivity contribution in [2.24, 2.45) is 0 Å². The third kappa shape index (κ3) is 4.91. The van der Waals surface area contributed by atoms with E-state index in [9.17, 15) is 9.90 Å². The highest BCUT2D eigenvalue weighted by Gasteiger charge is 2.39. The van der Waals surface area contributed by atoms with Crippen molar-refractivity contribution in [2.45, 2.75) is 37.7 Å². The molecule has 1 atom stereocenters. The second-order valence-electron chi connectivity index (χ2n) is 8.06. The molecule has 3 rings (SSSR count). The van der Waals surface area contributed by atoms with Crippen molar-refractivity contribution in [2.75, 3.05) is 72.5 Å². The fourth-order valence-corrected chi connectivity index (χ4v) is 4.21. The van der Waals surface area contributed by atoms with Crippen molar-refractivity contribution in [1.82, 2.24) is 19.6 Å². The van der Waals surface area contributed by atoms with Gasteiger partial charge in [0.05, 0.1) is 18.7 Å². The SMILES string of the molecule is CN1CCN(C[C@@]2(O)CCN(C(=O)CN3CCCCCC3)C2)CC1. The van der Waals surface area contributed by atoms with Crippen molar-refractivity contribution in [3.63, 3.8) is 0 Å². The number of nitrogens with zero attached hydrogens (tertiary/aromatic N) is 4. The smallest absolute Gasteiger partial charge is 0.236 e. The molecule has 3 fully saturated rings. The van der Waals surface area contributed by atoms with Gasteiger partial charge in [-0.05, 0) is 39.4 Å². The van der Waals surface area contributed by atoms with Gasteiger partial charge in [0.25, 0.3) is 0 Å². The van der Waals surface area contributed by atoms with Gasteiger partial charge in [-0.15, -0.1) is 0 Å². The summed E-state index contributed by atoms with van der Waals surface area (Å²) in [6, 6.07) is 0. The average Bonchev–Trinajstić information content (AvgIpc) is 2.77. The number of piperazine rings is 1. The molecule has 0 saturated carbocycles. The number of aliphatic hydroxyl groups is 1. The molecule has 1 N–H and O–H groups in total. The highest BCUT2D eigenvalue weighted by Crippen LogP contribution is 2.23. The Bertz CT molecular complexity index is 417. The van der Waals surface area contributed by atoms with Crippen LogP contribution in [0, 0.1) is 0 Å². The van der Waals surface area contributed by atoms with E-state index in [4.69, 9.17) is 0 Å². The van der Waals surface area contributed by atoms with Gasteiger partial charge in [0.2, 0.25) is 5.91 Å². The Morgan fingerprint density at radius 1 is 0.917 bits per heavy atom. The van der Waals surface area contributed by atoms with Gasteiger partial charge >= 0.3 is 0 Å². The van der Waals surface area contributed by atoms with E-state index in [1.807, 2.05) is 4.90 Å². The van der Waals surface area contributed by atoms with E-state index in [1.165, 1.54) is 25.7 Å². The summed E-state index contributed by atoms with van der Waals surface area (Å²) in [5.74, 6) is 0.200. The Balaban J connectivity index is 1.45. The fraction of sp³-hybridized carbons (Fsp3) is 0.944. The lowest BCUT2D eigenvalue weighted by molar-refractivity contribution is -0.132. The molecule has 0 aromatic carbocycles. The van der Waals surface area contributed by atoms with Gasteiger partial charge < -0.3 is 14.9 Å². The first-order valence-corrected chi connectivity index (χ1v) is 9.68. The number of carbonyl (C=O) groups is 1. The van der Waals surface area contributed by atoms with Crippen LogP contribution in [0.2, 0.25) is 0 Å². The van der Waals surface area contributed by atoms with Gasteiger partial charge in [-0.25, -0.2) is 0 Å². The number of carbonyl (C=O) groups excluding carboxylic acids is 1. The van der Waals surface area contributed by atoms with Crippen LogP contribution in [0.15, 0.2) is 0 Å². The summed E-state index contributed by atoms with van der Waals surface area (Å²) in [5, 5.41) is 10.9. The highest BCUT2D eigenvalue weighted by molar-refractivity contribution is 5.78. The zero-order valence-corrected chi connectivity index (χ0v) is 15.3. The molecule has 6 heteroatoms. The Morgan fingerprint density at radius 3 is 2.25 bits per heavy atom. The molecule has 6 nitrogen and oxygen atoms in total. The predicted octanol–water partition coefficient (Wildman–Crippen LogP) is 0.0732. The van der Waals surface area contributed by atoms with Crippen LogP contribution in [0.3, 0.4) is 0 Å². The summed E-state index contributed by atoms with van der Waals surface area (Å²) in [5.41, 5.74) is -0.718. The number of hydrogen-bond acceptors (Lipinski definition) is 5. The molecular formula is C18H34N4O2. The molecule has 138 valence electrons. The van der Waals surface area contributed by atoms with E-state index in [1.54, 1.807) is 0 Å². The molecule has 3 aliphatic rings. The molecule has 0 aliphatic carbocycles. The summed E-state index contributed by atoms with van der Waals surface area (Å²) in [4.78, 5) is 21.5. The maximum atomic E-state index is 12.6. The van der Waals surface area contributed by atoms with Gasteiger partial charge in [-0.1, -0.05) is 12.8 Å². The Hall–Kier alpha value is -0.690. The van der Waals surface area contributed by atoms with Gasteiger partial charge in [0.15, 0.2) is 0 Å². The molecule has 0 unspecified atom stereocenters. The Labute approximate surface area is 146 Å². The average molecular weight is 338 g/mol. The van der Waals surface area contributed by atoms with Crippen LogP contribution in [0.5, 0.6) is 0 Å². The van der Waals surface area contributed by atoms with Crippen LogP contribution in [-0.4, -0.2) is 109 Å². The largest absolute Gasteiger partial charge is 0.387 e. The third-order valence-electron chi connectivity index (χ3n) is 5.86. The molecule has 0 bridgehead atoms. The van der Waals surface area contributed by atoms with E-state index in [2.05, 4.69) is 21.7 Å². The van der Waals surface area contributed by atoms with Crippen LogP contribution in [0.25, 0.3) is 0 Å². The van der Waals surface area contributed by atoms with Crippen LogP contribution >= 0.6 is 0 Å². The fourth-order valence-electron chi connectivity index (χ4n) is 4.21. The van der Waals surface area contributed by atoms with Crippen molar-refractivity contribution in [1.29, 1.82) is 0 Å².